The number of amides is 1. The maximum atomic E-state index is 13.2. The molecule has 0 aliphatic carbocycles. The number of likely N-dealkylation sites (tertiary alicyclic amines) is 1. The molecular formula is C20H19ClN2O3S. The van der Waals surface area contributed by atoms with E-state index in [1.807, 2.05) is 17.0 Å². The Morgan fingerprint density at radius 3 is 2.37 bits per heavy atom. The monoisotopic (exact) mass is 402 g/mol. The van der Waals surface area contributed by atoms with Crippen LogP contribution in [0.15, 0.2) is 64.5 Å². The third-order valence-corrected chi connectivity index (χ3v) is 6.98. The molecule has 1 aromatic heterocycles. The minimum absolute atomic E-state index is 0.0173. The predicted molar refractivity (Wildman–Crippen MR) is 105 cm³/mol. The molecule has 5 nitrogen and oxygen atoms in total. The third-order valence-electron chi connectivity index (χ3n) is 4.93. The number of fused-ring (bicyclic) bond motifs is 1. The van der Waals surface area contributed by atoms with Crippen molar-refractivity contribution >= 4 is 38.2 Å². The van der Waals surface area contributed by atoms with Crippen molar-refractivity contribution in [3.8, 4) is 0 Å². The predicted octanol–water partition coefficient (Wildman–Crippen LogP) is 3.75. The molecule has 1 amide bonds. The van der Waals surface area contributed by atoms with Gasteiger partial charge in [-0.25, -0.2) is 8.42 Å². The highest BCUT2D eigenvalue weighted by Crippen LogP contribution is 2.31. The number of rotatable bonds is 4. The van der Waals surface area contributed by atoms with Crippen molar-refractivity contribution in [1.82, 2.24) is 9.47 Å². The number of hydrogen-bond acceptors (Lipinski definition) is 3. The number of sulfone groups is 1. The topological polar surface area (TPSA) is 59.4 Å². The molecule has 0 radical (unpaired) electrons. The Morgan fingerprint density at radius 2 is 1.67 bits per heavy atom. The number of nitrogens with zero attached hydrogens (tertiary/aromatic N) is 2. The van der Waals surface area contributed by atoms with Crippen LogP contribution < -0.4 is 0 Å². The molecule has 2 heterocycles. The van der Waals surface area contributed by atoms with E-state index in [1.165, 1.54) is 12.1 Å². The Morgan fingerprint density at radius 1 is 1.00 bits per heavy atom. The molecular weight excluding hydrogens is 384 g/mol. The quantitative estimate of drug-likeness (QED) is 0.667. The van der Waals surface area contributed by atoms with Crippen LogP contribution in [0, 0.1) is 0 Å². The van der Waals surface area contributed by atoms with Gasteiger partial charge in [-0.15, -0.1) is 0 Å². The molecule has 27 heavy (non-hydrogen) atoms. The second kappa shape index (κ2) is 7.02. The van der Waals surface area contributed by atoms with E-state index in [0.717, 1.165) is 31.4 Å². The highest BCUT2D eigenvalue weighted by Gasteiger charge is 2.25. The number of para-hydroxylation sites is 1. The van der Waals surface area contributed by atoms with Crippen LogP contribution in [0.25, 0.3) is 10.9 Å². The molecule has 0 spiro atoms. The van der Waals surface area contributed by atoms with Crippen LogP contribution >= 0.6 is 11.6 Å². The number of carbonyl (C=O) groups is 1. The lowest BCUT2D eigenvalue weighted by molar-refractivity contribution is -0.130. The lowest BCUT2D eigenvalue weighted by Gasteiger charge is -2.15. The van der Waals surface area contributed by atoms with Crippen molar-refractivity contribution in [3.63, 3.8) is 0 Å². The van der Waals surface area contributed by atoms with Gasteiger partial charge in [0.2, 0.25) is 15.7 Å². The fourth-order valence-electron chi connectivity index (χ4n) is 3.51. The van der Waals surface area contributed by atoms with Crippen LogP contribution in [0.3, 0.4) is 0 Å². The molecule has 7 heteroatoms. The summed E-state index contributed by atoms with van der Waals surface area (Å²) in [7, 11) is -3.72. The normalized spacial score (nSPS) is 14.8. The third kappa shape index (κ3) is 3.35. The molecule has 4 rings (SSSR count). The van der Waals surface area contributed by atoms with Crippen LogP contribution in [0.1, 0.15) is 12.8 Å². The van der Waals surface area contributed by atoms with E-state index in [4.69, 9.17) is 11.6 Å². The van der Waals surface area contributed by atoms with E-state index in [9.17, 15) is 13.2 Å². The molecule has 0 atom stereocenters. The Bertz CT molecular complexity index is 1100. The van der Waals surface area contributed by atoms with E-state index in [0.29, 0.717) is 10.4 Å². The number of aromatic nitrogens is 1. The van der Waals surface area contributed by atoms with Crippen LogP contribution in [0.5, 0.6) is 0 Å². The molecule has 140 valence electrons. The van der Waals surface area contributed by atoms with Gasteiger partial charge in [0.15, 0.2) is 0 Å². The van der Waals surface area contributed by atoms with Crippen molar-refractivity contribution in [2.24, 2.45) is 0 Å². The maximum absolute atomic E-state index is 13.2. The molecule has 2 aromatic carbocycles. The first-order valence-electron chi connectivity index (χ1n) is 8.83. The second-order valence-corrected chi connectivity index (χ2v) is 9.04. The van der Waals surface area contributed by atoms with Crippen molar-refractivity contribution in [1.29, 1.82) is 0 Å². The molecule has 0 N–H and O–H groups in total. The van der Waals surface area contributed by atoms with E-state index in [-0.39, 0.29) is 22.2 Å². The number of benzene rings is 2. The van der Waals surface area contributed by atoms with Crippen molar-refractivity contribution in [2.75, 3.05) is 13.1 Å². The first kappa shape index (κ1) is 18.1. The first-order valence-corrected chi connectivity index (χ1v) is 10.7. The average Bonchev–Trinajstić information content (AvgIpc) is 3.31. The summed E-state index contributed by atoms with van der Waals surface area (Å²) in [6.45, 7) is 1.68. The molecule has 0 unspecified atom stereocenters. The number of hydrogen-bond donors (Lipinski definition) is 0. The maximum Gasteiger partial charge on any atom is 0.242 e. The van der Waals surface area contributed by atoms with Crippen molar-refractivity contribution < 1.29 is 13.2 Å². The minimum Gasteiger partial charge on any atom is -0.341 e. The lowest BCUT2D eigenvalue weighted by Crippen LogP contribution is -2.30. The van der Waals surface area contributed by atoms with Gasteiger partial charge in [0.05, 0.1) is 9.79 Å². The molecule has 1 saturated heterocycles. The van der Waals surface area contributed by atoms with Gasteiger partial charge in [-0.1, -0.05) is 29.8 Å². The first-order chi connectivity index (χ1) is 13.0. The van der Waals surface area contributed by atoms with Gasteiger partial charge < -0.3 is 9.47 Å². The zero-order valence-electron chi connectivity index (χ0n) is 14.6. The summed E-state index contributed by atoms with van der Waals surface area (Å²) in [4.78, 5) is 14.8. The summed E-state index contributed by atoms with van der Waals surface area (Å²) in [6.07, 6.45) is 3.62. The Balaban J connectivity index is 1.77. The molecule has 1 fully saturated rings. The summed E-state index contributed by atoms with van der Waals surface area (Å²) in [6, 6.07) is 13.4. The fourth-order valence-corrected chi connectivity index (χ4v) is 5.11. The van der Waals surface area contributed by atoms with Crippen LogP contribution in [-0.4, -0.2) is 36.9 Å². The number of halogens is 1. The van der Waals surface area contributed by atoms with Crippen molar-refractivity contribution in [2.45, 2.75) is 29.2 Å². The zero-order valence-corrected chi connectivity index (χ0v) is 16.2. The summed E-state index contributed by atoms with van der Waals surface area (Å²) in [5.74, 6) is 0.0173. The summed E-state index contributed by atoms with van der Waals surface area (Å²) < 4.78 is 28.1. The van der Waals surface area contributed by atoms with Gasteiger partial charge in [0.25, 0.3) is 0 Å². The average molecular weight is 403 g/mol. The molecule has 0 saturated carbocycles. The highest BCUT2D eigenvalue weighted by atomic mass is 35.5. The number of carbonyl (C=O) groups excluding carboxylic acids is 1. The van der Waals surface area contributed by atoms with Gasteiger partial charge in [-0.2, -0.15) is 0 Å². The zero-order chi connectivity index (χ0) is 19.0. The Hall–Kier alpha value is -2.31. The van der Waals surface area contributed by atoms with Crippen LogP contribution in [0.4, 0.5) is 0 Å². The highest BCUT2D eigenvalue weighted by molar-refractivity contribution is 7.91. The van der Waals surface area contributed by atoms with E-state index in [2.05, 4.69) is 0 Å². The van der Waals surface area contributed by atoms with Gasteiger partial charge in [0, 0.05) is 35.2 Å². The van der Waals surface area contributed by atoms with Gasteiger partial charge in [-0.3, -0.25) is 4.79 Å². The van der Waals surface area contributed by atoms with Crippen LogP contribution in [0.2, 0.25) is 5.02 Å². The molecule has 1 aliphatic heterocycles. The smallest absolute Gasteiger partial charge is 0.242 e. The Kier molecular flexibility index (Phi) is 4.70. The fraction of sp³-hybridized carbons (Fsp3) is 0.250. The summed E-state index contributed by atoms with van der Waals surface area (Å²) in [5.41, 5.74) is 0.734. The largest absolute Gasteiger partial charge is 0.341 e. The van der Waals surface area contributed by atoms with Gasteiger partial charge in [0.1, 0.15) is 6.54 Å². The van der Waals surface area contributed by atoms with E-state index >= 15 is 0 Å². The van der Waals surface area contributed by atoms with Gasteiger partial charge in [-0.05, 0) is 43.2 Å². The van der Waals surface area contributed by atoms with Crippen molar-refractivity contribution in [3.05, 3.63) is 59.8 Å². The molecule has 0 bridgehead atoms. The summed E-state index contributed by atoms with van der Waals surface area (Å²) >= 11 is 5.89. The van der Waals surface area contributed by atoms with E-state index in [1.54, 1.807) is 35.0 Å². The standard InChI is InChI=1S/C20H19ClN2O3S/c21-15-7-9-16(10-8-15)27(25,26)19-13-23(18-6-2-1-5-17(18)19)14-20(24)22-11-3-4-12-22/h1-2,5-10,13H,3-4,11-12,14H2. The second-order valence-electron chi connectivity index (χ2n) is 6.68. The van der Waals surface area contributed by atoms with Crippen LogP contribution in [-0.2, 0) is 21.2 Å². The SMILES string of the molecule is O=C(Cn1cc(S(=O)(=O)c2ccc(Cl)cc2)c2ccccc21)N1CCCC1. The molecule has 3 aromatic rings. The Labute approximate surface area is 163 Å². The van der Waals surface area contributed by atoms with E-state index < -0.39 is 9.84 Å². The minimum atomic E-state index is -3.72. The molecule has 1 aliphatic rings. The lowest BCUT2D eigenvalue weighted by atomic mass is 10.2. The van der Waals surface area contributed by atoms with Gasteiger partial charge >= 0.3 is 0 Å². The summed E-state index contributed by atoms with van der Waals surface area (Å²) in [5, 5.41) is 1.09.